The van der Waals surface area contributed by atoms with Gasteiger partial charge in [-0.05, 0) is 55.7 Å². The zero-order valence-electron chi connectivity index (χ0n) is 18.5. The highest BCUT2D eigenvalue weighted by molar-refractivity contribution is 8.00. The van der Waals surface area contributed by atoms with Gasteiger partial charge in [-0.25, -0.2) is 4.98 Å². The minimum absolute atomic E-state index is 0.103. The molecule has 1 amide bonds. The molecule has 2 aromatic rings. The van der Waals surface area contributed by atoms with E-state index in [4.69, 9.17) is 0 Å². The summed E-state index contributed by atoms with van der Waals surface area (Å²) in [7, 11) is 0. The molecule has 1 atom stereocenters. The largest absolute Gasteiger partial charge is 0.362 e. The first-order valence-electron chi connectivity index (χ1n) is 10.3. The number of dihydropyridines is 1. The van der Waals surface area contributed by atoms with Gasteiger partial charge in [-0.2, -0.15) is 0 Å². The van der Waals surface area contributed by atoms with Gasteiger partial charge in [0.1, 0.15) is 5.82 Å². The summed E-state index contributed by atoms with van der Waals surface area (Å²) in [4.78, 5) is 32.3. The van der Waals surface area contributed by atoms with Crippen LogP contribution in [-0.2, 0) is 9.59 Å². The van der Waals surface area contributed by atoms with Crippen LogP contribution < -0.4 is 10.6 Å². The number of hydrogen-bond acceptors (Lipinski definition) is 6. The Morgan fingerprint density at radius 1 is 1.29 bits per heavy atom. The van der Waals surface area contributed by atoms with Crippen LogP contribution in [0.1, 0.15) is 50.0 Å². The van der Waals surface area contributed by atoms with Crippen molar-refractivity contribution >= 4 is 40.6 Å². The smallest absolute Gasteiger partial charge is 0.255 e. The predicted molar refractivity (Wildman–Crippen MR) is 127 cm³/mol. The van der Waals surface area contributed by atoms with Gasteiger partial charge in [0.15, 0.2) is 5.78 Å². The number of carbonyl (C=O) groups excluding carboxylic acids is 2. The van der Waals surface area contributed by atoms with Crippen LogP contribution in [0.4, 0.5) is 5.82 Å². The highest BCUT2D eigenvalue weighted by atomic mass is 32.2. The van der Waals surface area contributed by atoms with Crippen molar-refractivity contribution < 1.29 is 9.59 Å². The van der Waals surface area contributed by atoms with Gasteiger partial charge < -0.3 is 10.6 Å². The Balaban J connectivity index is 1.85. The number of Topliss-reactive ketones (excluding diaryl/α,β-unsaturated/α-hetero) is 1. The van der Waals surface area contributed by atoms with Crippen molar-refractivity contribution in [2.75, 3.05) is 11.6 Å². The van der Waals surface area contributed by atoms with Crippen LogP contribution in [0.5, 0.6) is 0 Å². The number of carbonyl (C=O) groups is 2. The van der Waals surface area contributed by atoms with Crippen LogP contribution in [0, 0.1) is 12.3 Å². The van der Waals surface area contributed by atoms with Gasteiger partial charge in [-0.3, -0.25) is 9.59 Å². The number of nitrogens with one attached hydrogen (secondary N) is 2. The second-order valence-electron chi connectivity index (χ2n) is 8.90. The lowest BCUT2D eigenvalue weighted by atomic mass is 9.69. The molecule has 0 fully saturated rings. The summed E-state index contributed by atoms with van der Waals surface area (Å²) in [6.45, 7) is 8.24. The fraction of sp³-hybridized carbons (Fsp3) is 0.375. The SMILES string of the molecule is CSc1sc(C)cc1[C@H]1C(C(=O)Nc2ccccn2)=C(C)NC2=C1C(=O)CC(C)(C)C2. The van der Waals surface area contributed by atoms with Gasteiger partial charge >= 0.3 is 0 Å². The molecule has 4 rings (SSSR count). The maximum absolute atomic E-state index is 13.5. The highest BCUT2D eigenvalue weighted by Gasteiger charge is 2.43. The molecule has 0 spiro atoms. The Bertz CT molecular complexity index is 1110. The van der Waals surface area contributed by atoms with Crippen molar-refractivity contribution in [1.82, 2.24) is 10.3 Å². The summed E-state index contributed by atoms with van der Waals surface area (Å²) in [5, 5.41) is 6.35. The van der Waals surface area contributed by atoms with Gasteiger partial charge in [-0.15, -0.1) is 23.1 Å². The fourth-order valence-corrected chi connectivity index (χ4v) is 6.45. The number of hydrogen-bond donors (Lipinski definition) is 2. The third-order valence-electron chi connectivity index (χ3n) is 5.74. The van der Waals surface area contributed by atoms with Gasteiger partial charge in [0.05, 0.1) is 4.21 Å². The fourth-order valence-electron chi connectivity index (χ4n) is 4.54. The molecule has 5 nitrogen and oxygen atoms in total. The van der Waals surface area contributed by atoms with Crippen LogP contribution in [0.15, 0.2) is 57.2 Å². The third-order valence-corrected chi connectivity index (χ3v) is 7.95. The minimum Gasteiger partial charge on any atom is -0.362 e. The van der Waals surface area contributed by atoms with Crippen LogP contribution >= 0.6 is 23.1 Å². The molecule has 0 saturated heterocycles. The third kappa shape index (κ3) is 4.21. The average Bonchev–Trinajstić information content (AvgIpc) is 3.07. The summed E-state index contributed by atoms with van der Waals surface area (Å²) in [5.41, 5.74) is 4.01. The number of anilines is 1. The molecule has 1 aliphatic carbocycles. The summed E-state index contributed by atoms with van der Waals surface area (Å²) in [6, 6.07) is 7.54. The van der Waals surface area contributed by atoms with E-state index in [1.807, 2.05) is 25.3 Å². The van der Waals surface area contributed by atoms with E-state index in [2.05, 4.69) is 42.5 Å². The van der Waals surface area contributed by atoms with Crippen LogP contribution in [0.2, 0.25) is 0 Å². The summed E-state index contributed by atoms with van der Waals surface area (Å²) in [6.07, 6.45) is 4.96. The molecular formula is C24H27N3O2S2. The van der Waals surface area contributed by atoms with Crippen LogP contribution in [0.3, 0.4) is 0 Å². The Morgan fingerprint density at radius 3 is 2.74 bits per heavy atom. The first-order chi connectivity index (χ1) is 14.7. The molecule has 2 aliphatic rings. The first-order valence-corrected chi connectivity index (χ1v) is 12.3. The summed E-state index contributed by atoms with van der Waals surface area (Å²) >= 11 is 3.38. The lowest BCUT2D eigenvalue weighted by Gasteiger charge is -2.39. The number of amides is 1. The molecule has 0 saturated carbocycles. The molecule has 31 heavy (non-hydrogen) atoms. The van der Waals surface area contributed by atoms with Crippen molar-refractivity contribution in [1.29, 1.82) is 0 Å². The topological polar surface area (TPSA) is 71.1 Å². The molecule has 1 aliphatic heterocycles. The first kappa shape index (κ1) is 21.8. The maximum atomic E-state index is 13.5. The quantitative estimate of drug-likeness (QED) is 0.605. The number of pyridine rings is 1. The Morgan fingerprint density at radius 2 is 2.06 bits per heavy atom. The monoisotopic (exact) mass is 453 g/mol. The number of allylic oxidation sites excluding steroid dienone is 3. The standard InChI is InChI=1S/C24H27N3O2S2/c1-13-10-15(23(30-5)31-13)20-19(22(29)27-18-8-6-7-9-25-18)14(2)26-16-11-24(3,4)12-17(28)21(16)20/h6-10,20,26H,11-12H2,1-5H3,(H,25,27,29)/t20-/m0/s1. The molecule has 162 valence electrons. The number of aromatic nitrogens is 1. The maximum Gasteiger partial charge on any atom is 0.255 e. The minimum atomic E-state index is -0.379. The zero-order valence-corrected chi connectivity index (χ0v) is 20.1. The number of ketones is 1. The van der Waals surface area contributed by atoms with Crippen molar-refractivity contribution in [3.8, 4) is 0 Å². The van der Waals surface area contributed by atoms with E-state index in [0.717, 1.165) is 33.2 Å². The van der Waals surface area contributed by atoms with E-state index in [-0.39, 0.29) is 23.0 Å². The van der Waals surface area contributed by atoms with Gasteiger partial charge in [0, 0.05) is 46.0 Å². The number of thioether (sulfide) groups is 1. The molecule has 0 unspecified atom stereocenters. The van der Waals surface area contributed by atoms with Crippen molar-refractivity contribution in [2.24, 2.45) is 5.41 Å². The van der Waals surface area contributed by atoms with Crippen molar-refractivity contribution in [2.45, 2.75) is 50.7 Å². The molecule has 2 aromatic heterocycles. The summed E-state index contributed by atoms with van der Waals surface area (Å²) < 4.78 is 1.14. The Hall–Kier alpha value is -2.38. The van der Waals surface area contributed by atoms with E-state index >= 15 is 0 Å². The second kappa shape index (κ2) is 8.28. The van der Waals surface area contributed by atoms with Gasteiger partial charge in [-0.1, -0.05) is 19.9 Å². The van der Waals surface area contributed by atoms with E-state index in [1.165, 1.54) is 4.88 Å². The highest BCUT2D eigenvalue weighted by Crippen LogP contribution is 2.49. The molecule has 0 aromatic carbocycles. The van der Waals surface area contributed by atoms with Crippen molar-refractivity contribution in [3.05, 3.63) is 63.4 Å². The van der Waals surface area contributed by atoms with E-state index in [9.17, 15) is 9.59 Å². The zero-order chi connectivity index (χ0) is 22.3. The van der Waals surface area contributed by atoms with Crippen molar-refractivity contribution in [3.63, 3.8) is 0 Å². The van der Waals surface area contributed by atoms with Gasteiger partial charge in [0.2, 0.25) is 0 Å². The molecule has 2 N–H and O–H groups in total. The van der Waals surface area contributed by atoms with E-state index in [1.54, 1.807) is 35.4 Å². The predicted octanol–water partition coefficient (Wildman–Crippen LogP) is 5.42. The Labute approximate surface area is 191 Å². The molecular weight excluding hydrogens is 426 g/mol. The van der Waals surface area contributed by atoms with E-state index < -0.39 is 0 Å². The molecule has 7 heteroatoms. The normalized spacial score (nSPS) is 20.4. The lowest BCUT2D eigenvalue weighted by molar-refractivity contribution is -0.118. The lowest BCUT2D eigenvalue weighted by Crippen LogP contribution is -2.39. The van der Waals surface area contributed by atoms with Crippen LogP contribution in [0.25, 0.3) is 0 Å². The molecule has 3 heterocycles. The Kier molecular flexibility index (Phi) is 5.83. The number of rotatable bonds is 4. The number of nitrogens with zero attached hydrogens (tertiary/aromatic N) is 1. The second-order valence-corrected chi connectivity index (χ2v) is 11.2. The van der Waals surface area contributed by atoms with E-state index in [0.29, 0.717) is 17.8 Å². The molecule has 0 bridgehead atoms. The number of aryl methyl sites for hydroxylation is 1. The number of thiophene rings is 1. The average molecular weight is 454 g/mol. The van der Waals surface area contributed by atoms with Gasteiger partial charge in [0.25, 0.3) is 5.91 Å². The molecule has 0 radical (unpaired) electrons. The van der Waals surface area contributed by atoms with Crippen LogP contribution in [-0.4, -0.2) is 22.9 Å². The summed E-state index contributed by atoms with van der Waals surface area (Å²) in [5.74, 6) is 0.00839.